The van der Waals surface area contributed by atoms with Crippen molar-refractivity contribution >= 4 is 21.8 Å². The molecule has 2 amide bonds. The lowest BCUT2D eigenvalue weighted by Crippen LogP contribution is -2.66. The second-order valence-electron chi connectivity index (χ2n) is 6.77. The molecule has 2 aliphatic heterocycles. The fourth-order valence-corrected chi connectivity index (χ4v) is 5.59. The van der Waals surface area contributed by atoms with E-state index in [4.69, 9.17) is 0 Å². The molecule has 0 unspecified atom stereocenters. The van der Waals surface area contributed by atoms with Gasteiger partial charge in [0.2, 0.25) is 21.8 Å². The van der Waals surface area contributed by atoms with Crippen molar-refractivity contribution in [2.45, 2.75) is 38.6 Å². The van der Waals surface area contributed by atoms with Crippen LogP contribution in [0.4, 0.5) is 0 Å². The number of rotatable bonds is 2. The van der Waals surface area contributed by atoms with Gasteiger partial charge >= 0.3 is 0 Å². The normalized spacial score (nSPS) is 21.9. The number of amides is 2. The van der Waals surface area contributed by atoms with Crippen LogP contribution in [-0.2, 0) is 19.6 Å². The van der Waals surface area contributed by atoms with E-state index in [9.17, 15) is 18.0 Å². The second kappa shape index (κ2) is 6.10. The minimum absolute atomic E-state index is 0.00816. The topological polar surface area (TPSA) is 86.8 Å². The van der Waals surface area contributed by atoms with Crippen LogP contribution in [0.25, 0.3) is 0 Å². The highest BCUT2D eigenvalue weighted by Crippen LogP contribution is 2.30. The molecule has 25 heavy (non-hydrogen) atoms. The molecule has 1 atom stereocenters. The molecule has 0 bridgehead atoms. The van der Waals surface area contributed by atoms with Gasteiger partial charge in [-0.05, 0) is 49.9 Å². The van der Waals surface area contributed by atoms with Crippen molar-refractivity contribution in [2.75, 3.05) is 26.2 Å². The van der Waals surface area contributed by atoms with E-state index in [2.05, 4.69) is 5.32 Å². The molecule has 136 valence electrons. The Morgan fingerprint density at radius 2 is 1.64 bits per heavy atom. The van der Waals surface area contributed by atoms with E-state index >= 15 is 0 Å². The maximum absolute atomic E-state index is 13.3. The smallest absolute Gasteiger partial charge is 0.244 e. The Kier molecular flexibility index (Phi) is 4.36. The Morgan fingerprint density at radius 3 is 2.24 bits per heavy atom. The molecule has 2 aliphatic rings. The van der Waals surface area contributed by atoms with Crippen LogP contribution < -0.4 is 5.32 Å². The Labute approximate surface area is 148 Å². The number of benzene rings is 1. The van der Waals surface area contributed by atoms with Gasteiger partial charge in [0.15, 0.2) is 0 Å². The monoisotopic (exact) mass is 365 g/mol. The van der Waals surface area contributed by atoms with Gasteiger partial charge in [0, 0.05) is 19.6 Å². The molecule has 0 aromatic heterocycles. The van der Waals surface area contributed by atoms with E-state index in [0.717, 1.165) is 22.3 Å². The summed E-state index contributed by atoms with van der Waals surface area (Å²) in [6.45, 7) is 7.81. The fourth-order valence-electron chi connectivity index (χ4n) is 3.58. The lowest BCUT2D eigenvalue weighted by molar-refractivity contribution is -0.147. The predicted molar refractivity (Wildman–Crippen MR) is 92.7 cm³/mol. The van der Waals surface area contributed by atoms with Gasteiger partial charge in [-0.3, -0.25) is 9.59 Å². The lowest BCUT2D eigenvalue weighted by Gasteiger charge is -2.42. The average molecular weight is 365 g/mol. The molecule has 2 heterocycles. The standard InChI is InChI=1S/C17H23N3O4S/c1-10-7-11(2)13(4)16(12(10)3)25(23,24)19-5-6-20-14(9-19)17(22)18-8-15(20)21/h7,14H,5-6,8-9H2,1-4H3,(H,18,22)/t14-/m0/s1. The molecule has 0 saturated carbocycles. The first-order valence-electron chi connectivity index (χ1n) is 8.29. The number of nitrogens with zero attached hydrogens (tertiary/aromatic N) is 2. The zero-order chi connectivity index (χ0) is 18.5. The van der Waals surface area contributed by atoms with Crippen LogP contribution in [0.5, 0.6) is 0 Å². The lowest BCUT2D eigenvalue weighted by atomic mass is 10.0. The van der Waals surface area contributed by atoms with Crippen LogP contribution in [0.15, 0.2) is 11.0 Å². The first kappa shape index (κ1) is 17.9. The molecule has 2 saturated heterocycles. The molecular weight excluding hydrogens is 342 g/mol. The van der Waals surface area contributed by atoms with E-state index in [1.807, 2.05) is 33.8 Å². The maximum Gasteiger partial charge on any atom is 0.244 e. The summed E-state index contributed by atoms with van der Waals surface area (Å²) in [6, 6.07) is 1.23. The number of piperazine rings is 2. The second-order valence-corrected chi connectivity index (χ2v) is 8.65. The minimum Gasteiger partial charge on any atom is -0.345 e. The molecule has 1 N–H and O–H groups in total. The van der Waals surface area contributed by atoms with Crippen LogP contribution in [-0.4, -0.2) is 61.7 Å². The van der Waals surface area contributed by atoms with Crippen molar-refractivity contribution < 1.29 is 18.0 Å². The summed E-state index contributed by atoms with van der Waals surface area (Å²) in [5.74, 6) is -0.464. The van der Waals surface area contributed by atoms with E-state index in [1.54, 1.807) is 0 Å². The average Bonchev–Trinajstić information content (AvgIpc) is 2.56. The number of sulfonamides is 1. The fraction of sp³-hybridized carbons (Fsp3) is 0.529. The Balaban J connectivity index is 2.00. The van der Waals surface area contributed by atoms with Gasteiger partial charge in [0.05, 0.1) is 11.4 Å². The summed E-state index contributed by atoms with van der Waals surface area (Å²) in [4.78, 5) is 25.8. The van der Waals surface area contributed by atoms with Gasteiger partial charge in [0.1, 0.15) is 6.04 Å². The summed E-state index contributed by atoms with van der Waals surface area (Å²) >= 11 is 0. The minimum atomic E-state index is -3.74. The Hall–Kier alpha value is -1.93. The molecule has 0 spiro atoms. The number of carbonyl (C=O) groups is 2. The van der Waals surface area contributed by atoms with Gasteiger partial charge in [-0.25, -0.2) is 8.42 Å². The molecule has 1 aromatic rings. The third kappa shape index (κ3) is 2.83. The molecule has 1 aromatic carbocycles. The van der Waals surface area contributed by atoms with Crippen molar-refractivity contribution in [3.63, 3.8) is 0 Å². The number of hydrogen-bond acceptors (Lipinski definition) is 4. The molecule has 2 fully saturated rings. The van der Waals surface area contributed by atoms with Crippen molar-refractivity contribution in [3.05, 3.63) is 28.3 Å². The summed E-state index contributed by atoms with van der Waals surface area (Å²) in [5, 5.41) is 2.53. The zero-order valence-electron chi connectivity index (χ0n) is 14.9. The highest BCUT2D eigenvalue weighted by Gasteiger charge is 2.42. The Bertz CT molecular complexity index is 837. The quantitative estimate of drug-likeness (QED) is 0.814. The largest absolute Gasteiger partial charge is 0.345 e. The van der Waals surface area contributed by atoms with Gasteiger partial charge in [-0.1, -0.05) is 6.07 Å². The molecule has 0 aliphatic carbocycles. The SMILES string of the molecule is Cc1cc(C)c(C)c(S(=O)(=O)N2CCN3C(=O)CNC(=O)[C@@H]3C2)c1C. The number of hydrogen-bond donors (Lipinski definition) is 1. The summed E-state index contributed by atoms with van der Waals surface area (Å²) in [7, 11) is -3.74. The van der Waals surface area contributed by atoms with Crippen molar-refractivity contribution in [1.29, 1.82) is 0 Å². The summed E-state index contributed by atoms with van der Waals surface area (Å²) < 4.78 is 27.9. The number of nitrogens with one attached hydrogen (secondary N) is 1. The van der Waals surface area contributed by atoms with Gasteiger partial charge in [-0.15, -0.1) is 0 Å². The molecule has 7 nitrogen and oxygen atoms in total. The van der Waals surface area contributed by atoms with Crippen LogP contribution in [0.2, 0.25) is 0 Å². The number of carbonyl (C=O) groups excluding carboxylic acids is 2. The molecule has 0 radical (unpaired) electrons. The van der Waals surface area contributed by atoms with Crippen molar-refractivity contribution in [3.8, 4) is 0 Å². The van der Waals surface area contributed by atoms with Crippen LogP contribution in [0, 0.1) is 27.7 Å². The van der Waals surface area contributed by atoms with Crippen LogP contribution >= 0.6 is 0 Å². The third-order valence-electron chi connectivity index (χ3n) is 5.28. The summed E-state index contributed by atoms with van der Waals surface area (Å²) in [5.41, 5.74) is 3.31. The molecular formula is C17H23N3O4S. The van der Waals surface area contributed by atoms with Gasteiger partial charge in [-0.2, -0.15) is 4.31 Å². The molecule has 3 rings (SSSR count). The van der Waals surface area contributed by atoms with Gasteiger partial charge in [0.25, 0.3) is 0 Å². The number of aryl methyl sites for hydroxylation is 2. The van der Waals surface area contributed by atoms with E-state index < -0.39 is 16.1 Å². The zero-order valence-corrected chi connectivity index (χ0v) is 15.7. The highest BCUT2D eigenvalue weighted by atomic mass is 32.2. The highest BCUT2D eigenvalue weighted by molar-refractivity contribution is 7.89. The van der Waals surface area contributed by atoms with E-state index in [-0.39, 0.29) is 38.0 Å². The molecule has 8 heteroatoms. The summed E-state index contributed by atoms with van der Waals surface area (Å²) in [6.07, 6.45) is 0. The van der Waals surface area contributed by atoms with Crippen LogP contribution in [0.3, 0.4) is 0 Å². The van der Waals surface area contributed by atoms with Crippen molar-refractivity contribution in [1.82, 2.24) is 14.5 Å². The first-order chi connectivity index (χ1) is 11.6. The maximum atomic E-state index is 13.3. The number of fused-ring (bicyclic) bond motifs is 1. The Morgan fingerprint density at radius 1 is 1.04 bits per heavy atom. The van der Waals surface area contributed by atoms with E-state index in [1.165, 1.54) is 9.21 Å². The predicted octanol–water partition coefficient (Wildman–Crippen LogP) is 0.252. The first-order valence-corrected chi connectivity index (χ1v) is 9.73. The van der Waals surface area contributed by atoms with E-state index in [0.29, 0.717) is 4.90 Å². The van der Waals surface area contributed by atoms with Crippen LogP contribution in [0.1, 0.15) is 22.3 Å². The van der Waals surface area contributed by atoms with Gasteiger partial charge < -0.3 is 10.2 Å². The third-order valence-corrected chi connectivity index (χ3v) is 7.41. The van der Waals surface area contributed by atoms with Crippen molar-refractivity contribution in [2.24, 2.45) is 0 Å².